The minimum Gasteiger partial charge on any atom is -0.512 e. The molecule has 6 rings (SSSR count). The molecule has 6 aromatic rings. The number of aliphatic hydroxyl groups excluding tert-OH is 1. The van der Waals surface area contributed by atoms with Crippen LogP contribution in [0.4, 0.5) is 0 Å². The van der Waals surface area contributed by atoms with Crippen LogP contribution < -0.4 is 0 Å². The topological polar surface area (TPSA) is 76.5 Å². The SMILES string of the molecule is CC(=O)/C=C(/C)O.CC(C)(C)c1cc(-c2cc3cnc(-c4[c-]ccc5c4oc4ccccc45)cc3o2)cc(C(C)(C)C)c1.[Ir]. The van der Waals surface area contributed by atoms with Gasteiger partial charge in [0.1, 0.15) is 16.9 Å². The number of hydrogen-bond acceptors (Lipinski definition) is 5. The Morgan fingerprint density at radius 2 is 1.50 bits per heavy atom. The Bertz CT molecular complexity index is 1960. The standard InChI is InChI=1S/C33H30NO2.C5H8O2.Ir/c1-32(2,3)22-14-20(15-23(17-22)33(4,5)6)29-16-21-19-34-27(18-30(21)35-29)26-12-9-11-25-24-10-7-8-13-28(24)36-31(25)26;1-4(6)3-5(2)7;/h7-11,13-19H,1-6H3;3,6H,1-2H3;/q-1;;/b;4-3-;. The van der Waals surface area contributed by atoms with Gasteiger partial charge in [-0.3, -0.25) is 4.79 Å². The van der Waals surface area contributed by atoms with Gasteiger partial charge in [-0.05, 0) is 71.8 Å². The van der Waals surface area contributed by atoms with E-state index in [-0.39, 0.29) is 42.5 Å². The van der Waals surface area contributed by atoms with Crippen molar-refractivity contribution in [3.8, 4) is 22.6 Å². The van der Waals surface area contributed by atoms with E-state index in [1.165, 1.54) is 31.1 Å². The van der Waals surface area contributed by atoms with Crippen LogP contribution in [0, 0.1) is 6.07 Å². The molecule has 3 heterocycles. The molecule has 1 N–H and O–H groups in total. The Labute approximate surface area is 272 Å². The van der Waals surface area contributed by atoms with Gasteiger partial charge in [0.05, 0.1) is 11.3 Å². The Balaban J connectivity index is 0.000000497. The number of fused-ring (bicyclic) bond motifs is 4. The van der Waals surface area contributed by atoms with Gasteiger partial charge < -0.3 is 18.9 Å². The first kappa shape index (κ1) is 32.9. The fraction of sp³-hybridized carbons (Fsp3) is 0.263. The van der Waals surface area contributed by atoms with E-state index >= 15 is 0 Å². The number of rotatable bonds is 3. The van der Waals surface area contributed by atoms with Crippen molar-refractivity contribution < 1.29 is 38.8 Å². The van der Waals surface area contributed by atoms with Crippen LogP contribution in [-0.4, -0.2) is 15.9 Å². The molecule has 3 aromatic carbocycles. The van der Waals surface area contributed by atoms with Crippen molar-refractivity contribution in [2.45, 2.75) is 66.2 Å². The van der Waals surface area contributed by atoms with Crippen LogP contribution in [0.25, 0.3) is 55.5 Å². The average Bonchev–Trinajstić information content (AvgIpc) is 3.52. The number of furan rings is 2. The number of nitrogens with zero attached hydrogens (tertiary/aromatic N) is 1. The quantitative estimate of drug-likeness (QED) is 0.110. The smallest absolute Gasteiger partial charge is 0.155 e. The van der Waals surface area contributed by atoms with Crippen molar-refractivity contribution in [3.63, 3.8) is 0 Å². The van der Waals surface area contributed by atoms with E-state index < -0.39 is 0 Å². The minimum atomic E-state index is -0.125. The van der Waals surface area contributed by atoms with Gasteiger partial charge in [-0.15, -0.1) is 18.2 Å². The molecule has 3 aromatic heterocycles. The Morgan fingerprint density at radius 3 is 2.09 bits per heavy atom. The predicted octanol–water partition coefficient (Wildman–Crippen LogP) is 10.5. The molecule has 0 spiro atoms. The molecule has 1 radical (unpaired) electrons. The van der Waals surface area contributed by atoms with Gasteiger partial charge in [0.2, 0.25) is 0 Å². The largest absolute Gasteiger partial charge is 0.512 e. The second-order valence-electron chi connectivity index (χ2n) is 13.1. The van der Waals surface area contributed by atoms with E-state index in [1.807, 2.05) is 42.6 Å². The van der Waals surface area contributed by atoms with Crippen molar-refractivity contribution in [2.24, 2.45) is 0 Å². The van der Waals surface area contributed by atoms with Gasteiger partial charge >= 0.3 is 0 Å². The molecule has 0 unspecified atom stereocenters. The zero-order chi connectivity index (χ0) is 31.1. The predicted molar refractivity (Wildman–Crippen MR) is 175 cm³/mol. The third kappa shape index (κ3) is 7.04. The zero-order valence-corrected chi connectivity index (χ0v) is 28.9. The normalized spacial score (nSPS) is 12.2. The number of allylic oxidation sites excluding steroid dienone is 2. The van der Waals surface area contributed by atoms with Crippen molar-refractivity contribution >= 4 is 38.7 Å². The van der Waals surface area contributed by atoms with Crippen LogP contribution in [0.3, 0.4) is 0 Å². The summed E-state index contributed by atoms with van der Waals surface area (Å²) in [5.41, 5.74) is 7.86. The molecule has 0 aliphatic carbocycles. The number of aliphatic hydroxyl groups is 1. The van der Waals surface area contributed by atoms with Gasteiger partial charge in [0.25, 0.3) is 0 Å². The molecule has 44 heavy (non-hydrogen) atoms. The number of pyridine rings is 1. The van der Waals surface area contributed by atoms with Crippen molar-refractivity contribution in [3.05, 3.63) is 102 Å². The Morgan fingerprint density at radius 1 is 0.841 bits per heavy atom. The molecule has 0 saturated carbocycles. The van der Waals surface area contributed by atoms with Crippen LogP contribution >= 0.6 is 0 Å². The fourth-order valence-corrected chi connectivity index (χ4v) is 5.02. The summed E-state index contributed by atoms with van der Waals surface area (Å²) in [6, 6.07) is 26.3. The summed E-state index contributed by atoms with van der Waals surface area (Å²) >= 11 is 0. The van der Waals surface area contributed by atoms with E-state index in [0.29, 0.717) is 0 Å². The summed E-state index contributed by atoms with van der Waals surface area (Å²) in [6.45, 7) is 16.4. The molecule has 0 aliphatic heterocycles. The molecule has 0 atom stereocenters. The molecule has 0 fully saturated rings. The molecule has 0 aliphatic rings. The second-order valence-corrected chi connectivity index (χ2v) is 13.1. The maximum absolute atomic E-state index is 10.0. The van der Waals surface area contributed by atoms with Gasteiger partial charge in [-0.25, -0.2) is 0 Å². The van der Waals surface area contributed by atoms with Crippen molar-refractivity contribution in [1.82, 2.24) is 4.98 Å². The number of carbonyl (C=O) groups is 1. The monoisotopic (exact) mass is 765 g/mol. The van der Waals surface area contributed by atoms with Crippen molar-refractivity contribution in [1.29, 1.82) is 0 Å². The summed E-state index contributed by atoms with van der Waals surface area (Å²) in [6.07, 6.45) is 3.05. The first-order chi connectivity index (χ1) is 20.2. The van der Waals surface area contributed by atoms with E-state index in [9.17, 15) is 4.79 Å². The number of benzene rings is 3. The van der Waals surface area contributed by atoms with Crippen LogP contribution in [0.15, 0.2) is 93.6 Å². The second kappa shape index (κ2) is 12.6. The van der Waals surface area contributed by atoms with E-state index in [2.05, 4.69) is 77.9 Å². The summed E-state index contributed by atoms with van der Waals surface area (Å²) in [7, 11) is 0. The first-order valence-corrected chi connectivity index (χ1v) is 14.5. The van der Waals surface area contributed by atoms with Gasteiger partial charge in [-0.2, -0.15) is 0 Å². The summed E-state index contributed by atoms with van der Waals surface area (Å²) in [5, 5.41) is 11.5. The molecular formula is C38H38IrNO4-. The van der Waals surface area contributed by atoms with E-state index in [1.54, 1.807) is 0 Å². The molecule has 5 nitrogen and oxygen atoms in total. The third-order valence-electron chi connectivity index (χ3n) is 7.36. The number of aromatic nitrogens is 1. The molecule has 0 saturated heterocycles. The maximum Gasteiger partial charge on any atom is 0.155 e. The van der Waals surface area contributed by atoms with Gasteiger partial charge in [0.15, 0.2) is 5.78 Å². The number of carbonyl (C=O) groups excluding carboxylic acids is 1. The van der Waals surface area contributed by atoms with Gasteiger partial charge in [0, 0.05) is 48.7 Å². The number of para-hydroxylation sites is 1. The molecule has 229 valence electrons. The number of hydrogen-bond donors (Lipinski definition) is 1. The Kier molecular flexibility index (Phi) is 9.39. The molecule has 6 heteroatoms. The van der Waals surface area contributed by atoms with Crippen LogP contribution in [0.1, 0.15) is 66.5 Å². The fourth-order valence-electron chi connectivity index (χ4n) is 5.02. The van der Waals surface area contributed by atoms with E-state index in [0.717, 1.165) is 55.5 Å². The number of ketones is 1. The third-order valence-corrected chi connectivity index (χ3v) is 7.36. The van der Waals surface area contributed by atoms with Crippen LogP contribution in [0.5, 0.6) is 0 Å². The molecular weight excluding hydrogens is 727 g/mol. The molecule has 0 amide bonds. The first-order valence-electron chi connectivity index (χ1n) is 14.5. The van der Waals surface area contributed by atoms with E-state index in [4.69, 9.17) is 18.9 Å². The zero-order valence-electron chi connectivity index (χ0n) is 26.5. The molecule has 0 bridgehead atoms. The average molecular weight is 765 g/mol. The Hall–Kier alpha value is -3.99. The maximum atomic E-state index is 10.0. The summed E-state index contributed by atoms with van der Waals surface area (Å²) in [4.78, 5) is 14.8. The van der Waals surface area contributed by atoms with Crippen molar-refractivity contribution in [2.75, 3.05) is 0 Å². The minimum absolute atomic E-state index is 0. The van der Waals surface area contributed by atoms with Gasteiger partial charge in [-0.1, -0.05) is 76.8 Å². The summed E-state index contributed by atoms with van der Waals surface area (Å²) < 4.78 is 12.7. The summed E-state index contributed by atoms with van der Waals surface area (Å²) in [5.74, 6) is 0.791. The van der Waals surface area contributed by atoms with Crippen LogP contribution in [-0.2, 0) is 35.7 Å². The van der Waals surface area contributed by atoms with Crippen LogP contribution in [0.2, 0.25) is 0 Å².